The normalized spacial score (nSPS) is 10.8. The second-order valence-electron chi connectivity index (χ2n) is 18.8. The third-order valence-electron chi connectivity index (χ3n) is 12.5. The van der Waals surface area contributed by atoms with Crippen LogP contribution in [0.4, 0.5) is 11.4 Å². The molecule has 8 nitrogen and oxygen atoms in total. The van der Waals surface area contributed by atoms with Gasteiger partial charge in [-0.05, 0) is 64.1 Å². The van der Waals surface area contributed by atoms with E-state index in [2.05, 4.69) is 64.0 Å². The Hall–Kier alpha value is -2.22. The van der Waals surface area contributed by atoms with Gasteiger partial charge in [0.25, 0.3) is 17.3 Å². The minimum atomic E-state index is -0.398. The van der Waals surface area contributed by atoms with E-state index in [1.807, 2.05) is 0 Å². The van der Waals surface area contributed by atoms with Crippen LogP contribution in [0.25, 0.3) is 0 Å². The number of hydrogen-bond acceptors (Lipinski definition) is 8. The summed E-state index contributed by atoms with van der Waals surface area (Å²) in [5.74, 6) is 0.850. The summed E-state index contributed by atoms with van der Waals surface area (Å²) >= 11 is 0. The van der Waals surface area contributed by atoms with Crippen molar-refractivity contribution in [2.24, 2.45) is 5.92 Å². The van der Waals surface area contributed by atoms with Crippen LogP contribution in [0.3, 0.4) is 0 Å². The second kappa shape index (κ2) is 57.9. The molecule has 1 aromatic carbocycles. The van der Waals surface area contributed by atoms with E-state index in [4.69, 9.17) is 4.74 Å². The zero-order valence-corrected chi connectivity index (χ0v) is 44.9. The molecule has 0 radical (unpaired) electrons. The highest BCUT2D eigenvalue weighted by Gasteiger charge is 2.19. The topological polar surface area (TPSA) is 105 Å². The van der Waals surface area contributed by atoms with Crippen molar-refractivity contribution < 1.29 is 14.3 Å². The number of aldehydes is 1. The number of hydrogen-bond donors (Lipinski definition) is 2. The van der Waals surface area contributed by atoms with Gasteiger partial charge in [-0.3, -0.25) is 14.4 Å². The van der Waals surface area contributed by atoms with Crippen molar-refractivity contribution in [1.29, 1.82) is 0 Å². The molecule has 0 heterocycles. The van der Waals surface area contributed by atoms with Crippen LogP contribution < -0.4 is 21.5 Å². The molecule has 0 amide bonds. The fourth-order valence-corrected chi connectivity index (χ4v) is 8.25. The highest BCUT2D eigenvalue weighted by molar-refractivity contribution is 5.73. The fraction of sp³-hybridized carbons (Fsp3) is 0.895. The maximum Gasteiger partial charge on any atom is 0.293 e. The summed E-state index contributed by atoms with van der Waals surface area (Å²) < 4.78 is 4.75. The lowest BCUT2D eigenvalue weighted by Gasteiger charge is -2.23. The Morgan fingerprint density at radius 2 is 0.815 bits per heavy atom. The van der Waals surface area contributed by atoms with Gasteiger partial charge in [-0.2, -0.15) is 0 Å². The molecule has 386 valence electrons. The molecular weight excluding hydrogens is 807 g/mol. The third-order valence-corrected chi connectivity index (χ3v) is 12.5. The van der Waals surface area contributed by atoms with Crippen molar-refractivity contribution in [3.63, 3.8) is 0 Å². The average Bonchev–Trinajstić information content (AvgIpc) is 3.32. The Labute approximate surface area is 404 Å². The minimum Gasteiger partial charge on any atom is -0.468 e. The van der Waals surface area contributed by atoms with Gasteiger partial charge in [0.15, 0.2) is 0 Å². The molecule has 0 aromatic heterocycles. The van der Waals surface area contributed by atoms with Gasteiger partial charge >= 0.3 is 0 Å². The first kappa shape index (κ1) is 67.1. The van der Waals surface area contributed by atoms with Crippen LogP contribution in [0.2, 0.25) is 0 Å². The first-order valence-corrected chi connectivity index (χ1v) is 28.3. The molecule has 1 aromatic rings. The van der Waals surface area contributed by atoms with Gasteiger partial charge in [-0.25, -0.2) is 0 Å². The van der Waals surface area contributed by atoms with Gasteiger partial charge in [0, 0.05) is 20.0 Å². The van der Waals surface area contributed by atoms with E-state index in [0.717, 1.165) is 51.0 Å². The Morgan fingerprint density at radius 3 is 1.22 bits per heavy atom. The van der Waals surface area contributed by atoms with E-state index in [9.17, 15) is 19.2 Å². The molecule has 0 fully saturated rings. The van der Waals surface area contributed by atoms with E-state index < -0.39 is 5.43 Å². The molecule has 0 aliphatic heterocycles. The summed E-state index contributed by atoms with van der Waals surface area (Å²) in [5.41, 5.74) is 0.133. The van der Waals surface area contributed by atoms with E-state index in [-0.39, 0.29) is 5.43 Å². The second-order valence-corrected chi connectivity index (χ2v) is 18.8. The van der Waals surface area contributed by atoms with E-state index in [0.29, 0.717) is 24.5 Å². The smallest absolute Gasteiger partial charge is 0.293 e. The minimum absolute atomic E-state index is 0.381. The summed E-state index contributed by atoms with van der Waals surface area (Å²) in [4.78, 5) is 45.8. The van der Waals surface area contributed by atoms with Crippen molar-refractivity contribution in [2.45, 2.75) is 286 Å². The highest BCUT2D eigenvalue weighted by Crippen LogP contribution is 2.22. The molecule has 2 N–H and O–H groups in total. The van der Waals surface area contributed by atoms with Crippen LogP contribution in [0.15, 0.2) is 9.59 Å². The molecule has 0 saturated heterocycles. The van der Waals surface area contributed by atoms with Gasteiger partial charge in [0.05, 0.1) is 6.61 Å². The highest BCUT2D eigenvalue weighted by atomic mass is 16.5. The quantitative estimate of drug-likeness (QED) is 0.0379. The Kier molecular flexibility index (Phi) is 59.7. The van der Waals surface area contributed by atoms with Crippen LogP contribution >= 0.6 is 0 Å². The zero-order chi connectivity index (χ0) is 48.7. The third kappa shape index (κ3) is 48.1. The molecule has 1 rings (SSSR count). The number of carbonyl (C=O) groups is 2. The Balaban J connectivity index is -0.000000989. The van der Waals surface area contributed by atoms with Crippen molar-refractivity contribution in [3.05, 3.63) is 20.4 Å². The van der Waals surface area contributed by atoms with E-state index >= 15 is 0 Å². The van der Waals surface area contributed by atoms with Crippen LogP contribution in [0.1, 0.15) is 286 Å². The monoisotopic (exact) mass is 920 g/mol. The molecule has 0 aliphatic carbocycles. The lowest BCUT2D eigenvalue weighted by molar-refractivity contribution is -0.128. The summed E-state index contributed by atoms with van der Waals surface area (Å²) in [7, 11) is 1.69. The number of ether oxygens (including phenoxy) is 1. The molecule has 0 atom stereocenters. The largest absolute Gasteiger partial charge is 0.468 e. The lowest BCUT2D eigenvalue weighted by Crippen LogP contribution is -2.37. The van der Waals surface area contributed by atoms with Crippen molar-refractivity contribution in [2.75, 3.05) is 50.5 Å². The number of rotatable bonds is 46. The number of anilines is 2. The van der Waals surface area contributed by atoms with Crippen LogP contribution in [0, 0.1) is 5.92 Å². The Bertz CT molecular complexity index is 1120. The molecule has 65 heavy (non-hydrogen) atoms. The fourth-order valence-electron chi connectivity index (χ4n) is 8.25. The predicted molar refractivity (Wildman–Crippen MR) is 288 cm³/mol. The molecule has 0 spiro atoms. The van der Waals surface area contributed by atoms with E-state index in [1.54, 1.807) is 7.05 Å². The van der Waals surface area contributed by atoms with Gasteiger partial charge in [0.2, 0.25) is 0 Å². The SMILES string of the molecule is CCCCC.CCCCCC(CCCCC)CCCOC=O.CCCCCCCCC=O.CCCCCCCCCCCCN(CCCCCCCC)CCCNc1c(NC)c(=O)c1=O. The van der Waals surface area contributed by atoms with Crippen molar-refractivity contribution in [3.8, 4) is 0 Å². The molecular formula is C57H113N3O5. The lowest BCUT2D eigenvalue weighted by atomic mass is 9.91. The predicted octanol–water partition coefficient (Wildman–Crippen LogP) is 16.6. The molecule has 0 saturated carbocycles. The molecule has 0 bridgehead atoms. The van der Waals surface area contributed by atoms with E-state index in [1.165, 1.54) is 225 Å². The van der Waals surface area contributed by atoms with Gasteiger partial charge in [0.1, 0.15) is 17.7 Å². The number of unbranched alkanes of at least 4 members (excludes halogenated alkanes) is 26. The van der Waals surface area contributed by atoms with Gasteiger partial charge < -0.3 is 25.1 Å². The average molecular weight is 921 g/mol. The summed E-state index contributed by atoms with van der Waals surface area (Å²) in [6, 6.07) is 0. The van der Waals surface area contributed by atoms with Crippen molar-refractivity contribution >= 4 is 24.1 Å². The van der Waals surface area contributed by atoms with Crippen LogP contribution in [-0.4, -0.2) is 57.5 Å². The number of carbonyl (C=O) groups excluding carboxylic acids is 2. The number of nitrogens with one attached hydrogen (secondary N) is 2. The van der Waals surface area contributed by atoms with Gasteiger partial charge in [-0.1, -0.05) is 241 Å². The maximum atomic E-state index is 11.7. The Morgan fingerprint density at radius 1 is 0.446 bits per heavy atom. The summed E-state index contributed by atoms with van der Waals surface area (Å²) in [6.07, 6.45) is 49.3. The molecule has 0 unspecified atom stereocenters. The molecule has 8 heteroatoms. The first-order chi connectivity index (χ1) is 31.8. The molecule has 0 aliphatic rings. The summed E-state index contributed by atoms with van der Waals surface area (Å²) in [5, 5.41) is 6.00. The van der Waals surface area contributed by atoms with Gasteiger partial charge in [-0.15, -0.1) is 0 Å². The number of nitrogens with zero attached hydrogens (tertiary/aromatic N) is 1. The standard InChI is InChI=1S/C28H53N3O2.C15H30O2.C9H18O.C5H12/c1-4-6-8-10-12-13-14-15-17-19-23-31(22-18-16-11-9-7-5-2)24-20-21-30-26-25(29-3)27(32)28(26)33;1-3-5-7-10-15(11-8-6-4-2)12-9-13-17-14-16;1-2-3-4-5-6-7-8-9-10;1-3-5-4-2/h29-30H,4-24H2,1-3H3;14-15H,3-13H2,1-2H3;9H,2-8H2,1H3;3-5H2,1-2H3. The van der Waals surface area contributed by atoms with Crippen LogP contribution in [0.5, 0.6) is 0 Å². The maximum absolute atomic E-state index is 11.7. The van der Waals surface area contributed by atoms with Crippen molar-refractivity contribution in [1.82, 2.24) is 4.90 Å². The summed E-state index contributed by atoms with van der Waals surface area (Å²) in [6.45, 7) is 21.0. The zero-order valence-electron chi connectivity index (χ0n) is 44.9. The van der Waals surface area contributed by atoms with Crippen LogP contribution in [-0.2, 0) is 14.3 Å². The first-order valence-electron chi connectivity index (χ1n) is 28.3.